The van der Waals surface area contributed by atoms with Crippen molar-refractivity contribution in [2.24, 2.45) is 0 Å². The monoisotopic (exact) mass is 346 g/mol. The van der Waals surface area contributed by atoms with Gasteiger partial charge in [-0.25, -0.2) is 4.79 Å². The van der Waals surface area contributed by atoms with E-state index in [4.69, 9.17) is 4.74 Å². The van der Waals surface area contributed by atoms with Gasteiger partial charge in [0.15, 0.2) is 0 Å². The minimum absolute atomic E-state index is 0.0637. The molecule has 0 unspecified atom stereocenters. The van der Waals surface area contributed by atoms with Crippen LogP contribution in [-0.2, 0) is 14.3 Å². The normalized spacial score (nSPS) is 14.6. The Labute approximate surface area is 148 Å². The third-order valence-corrected chi connectivity index (χ3v) is 4.32. The Hall–Kier alpha value is -2.37. The van der Waals surface area contributed by atoms with E-state index in [1.807, 2.05) is 4.90 Å². The third kappa shape index (κ3) is 5.05. The molecule has 6 heteroatoms. The van der Waals surface area contributed by atoms with E-state index in [-0.39, 0.29) is 25.0 Å². The Morgan fingerprint density at radius 1 is 1.08 bits per heavy atom. The molecule has 0 spiro atoms. The van der Waals surface area contributed by atoms with Crippen molar-refractivity contribution in [1.82, 2.24) is 4.90 Å². The van der Waals surface area contributed by atoms with E-state index in [9.17, 15) is 14.4 Å². The number of nitrogens with zero attached hydrogens (tertiary/aromatic N) is 2. The second-order valence-corrected chi connectivity index (χ2v) is 6.14. The van der Waals surface area contributed by atoms with Crippen LogP contribution in [0.5, 0.6) is 0 Å². The van der Waals surface area contributed by atoms with Gasteiger partial charge >= 0.3 is 5.97 Å². The summed E-state index contributed by atoms with van der Waals surface area (Å²) in [4.78, 5) is 40.2. The minimum atomic E-state index is -0.494. The van der Waals surface area contributed by atoms with Gasteiger partial charge in [0.1, 0.15) is 6.54 Å². The van der Waals surface area contributed by atoms with Crippen LogP contribution in [0.4, 0.5) is 5.69 Å². The molecular formula is C19H26N2O4. The summed E-state index contributed by atoms with van der Waals surface area (Å²) < 4.78 is 5.06. The molecule has 1 aliphatic rings. The summed E-state index contributed by atoms with van der Waals surface area (Å²) in [7, 11) is 0. The van der Waals surface area contributed by atoms with E-state index in [1.165, 1.54) is 11.8 Å². The van der Waals surface area contributed by atoms with Crippen LogP contribution in [0.15, 0.2) is 24.3 Å². The molecule has 1 aliphatic heterocycles. The SMILES string of the molecule is CCOC(=O)c1ccccc1N(CC(=O)N1CCCCCC1)C(C)=O. The van der Waals surface area contributed by atoms with Crippen molar-refractivity contribution < 1.29 is 19.1 Å². The Morgan fingerprint density at radius 2 is 1.72 bits per heavy atom. The van der Waals surface area contributed by atoms with Gasteiger partial charge in [0.05, 0.1) is 17.9 Å². The van der Waals surface area contributed by atoms with Crippen molar-refractivity contribution in [3.8, 4) is 0 Å². The first kappa shape index (κ1) is 19.0. The van der Waals surface area contributed by atoms with Crippen LogP contribution >= 0.6 is 0 Å². The molecule has 1 heterocycles. The topological polar surface area (TPSA) is 66.9 Å². The van der Waals surface area contributed by atoms with Crippen molar-refractivity contribution in [1.29, 1.82) is 0 Å². The quantitative estimate of drug-likeness (QED) is 0.769. The standard InChI is InChI=1S/C19H26N2O4/c1-3-25-19(24)16-10-6-7-11-17(16)21(15(2)22)14-18(23)20-12-8-4-5-9-13-20/h6-7,10-11H,3-5,8-9,12-14H2,1-2H3. The van der Waals surface area contributed by atoms with Crippen molar-refractivity contribution >= 4 is 23.5 Å². The fourth-order valence-electron chi connectivity index (χ4n) is 3.01. The van der Waals surface area contributed by atoms with Gasteiger partial charge in [-0.2, -0.15) is 0 Å². The molecule has 0 saturated carbocycles. The first-order valence-electron chi connectivity index (χ1n) is 8.86. The van der Waals surface area contributed by atoms with Crippen molar-refractivity contribution in [3.05, 3.63) is 29.8 Å². The number of ether oxygens (including phenoxy) is 1. The average molecular weight is 346 g/mol. The summed E-state index contributed by atoms with van der Waals surface area (Å²) in [6.07, 6.45) is 4.24. The van der Waals surface area contributed by atoms with Gasteiger partial charge < -0.3 is 14.5 Å². The lowest BCUT2D eigenvalue weighted by atomic mass is 10.1. The van der Waals surface area contributed by atoms with E-state index in [0.717, 1.165) is 38.8 Å². The van der Waals surface area contributed by atoms with Gasteiger partial charge in [-0.3, -0.25) is 9.59 Å². The van der Waals surface area contributed by atoms with E-state index in [1.54, 1.807) is 31.2 Å². The molecule has 0 aromatic heterocycles. The zero-order chi connectivity index (χ0) is 18.2. The smallest absolute Gasteiger partial charge is 0.340 e. The molecule has 1 aromatic rings. The summed E-state index contributed by atoms with van der Waals surface area (Å²) in [6, 6.07) is 6.73. The number of para-hydroxylation sites is 1. The number of benzene rings is 1. The predicted octanol–water partition coefficient (Wildman–Crippen LogP) is 2.62. The van der Waals surface area contributed by atoms with E-state index in [0.29, 0.717) is 11.3 Å². The van der Waals surface area contributed by atoms with Crippen molar-refractivity contribution in [2.75, 3.05) is 31.1 Å². The highest BCUT2D eigenvalue weighted by atomic mass is 16.5. The summed E-state index contributed by atoms with van der Waals surface area (Å²) >= 11 is 0. The molecule has 1 aromatic carbocycles. The molecule has 2 amide bonds. The van der Waals surface area contributed by atoms with Gasteiger partial charge in [-0.1, -0.05) is 25.0 Å². The highest BCUT2D eigenvalue weighted by Gasteiger charge is 2.24. The lowest BCUT2D eigenvalue weighted by Crippen LogP contribution is -2.43. The van der Waals surface area contributed by atoms with Crippen LogP contribution < -0.4 is 4.90 Å². The molecule has 1 fully saturated rings. The molecule has 6 nitrogen and oxygen atoms in total. The van der Waals surface area contributed by atoms with Crippen LogP contribution in [0.2, 0.25) is 0 Å². The maximum atomic E-state index is 12.7. The lowest BCUT2D eigenvalue weighted by molar-refractivity contribution is -0.131. The zero-order valence-electron chi connectivity index (χ0n) is 15.0. The molecule has 0 bridgehead atoms. The molecule has 2 rings (SSSR count). The van der Waals surface area contributed by atoms with Gasteiger partial charge in [-0.15, -0.1) is 0 Å². The van der Waals surface area contributed by atoms with Crippen LogP contribution in [-0.4, -0.2) is 48.9 Å². The maximum Gasteiger partial charge on any atom is 0.340 e. The van der Waals surface area contributed by atoms with E-state index < -0.39 is 5.97 Å². The van der Waals surface area contributed by atoms with E-state index in [2.05, 4.69) is 0 Å². The highest BCUT2D eigenvalue weighted by molar-refractivity contribution is 6.04. The summed E-state index contributed by atoms with van der Waals surface area (Å²) in [6.45, 7) is 4.77. The number of carbonyl (C=O) groups is 3. The Morgan fingerprint density at radius 3 is 2.32 bits per heavy atom. The summed E-state index contributed by atoms with van der Waals surface area (Å²) in [5.74, 6) is -0.859. The number of anilines is 1. The fourth-order valence-corrected chi connectivity index (χ4v) is 3.01. The molecule has 136 valence electrons. The van der Waals surface area contributed by atoms with Gasteiger partial charge in [-0.05, 0) is 31.9 Å². The molecule has 0 radical (unpaired) electrons. The number of esters is 1. The number of rotatable bonds is 5. The second kappa shape index (κ2) is 9.20. The molecule has 0 atom stereocenters. The van der Waals surface area contributed by atoms with Gasteiger partial charge in [0.25, 0.3) is 0 Å². The first-order chi connectivity index (χ1) is 12.0. The second-order valence-electron chi connectivity index (χ2n) is 6.14. The molecular weight excluding hydrogens is 320 g/mol. The molecule has 1 saturated heterocycles. The van der Waals surface area contributed by atoms with Crippen LogP contribution in [0.25, 0.3) is 0 Å². The van der Waals surface area contributed by atoms with Gasteiger partial charge in [0, 0.05) is 20.0 Å². The number of likely N-dealkylation sites (tertiary alicyclic amines) is 1. The number of hydrogen-bond acceptors (Lipinski definition) is 4. The fraction of sp³-hybridized carbons (Fsp3) is 0.526. The van der Waals surface area contributed by atoms with Crippen molar-refractivity contribution in [2.45, 2.75) is 39.5 Å². The predicted molar refractivity (Wildman–Crippen MR) is 95.5 cm³/mol. The Kier molecular flexibility index (Phi) is 6.98. The first-order valence-corrected chi connectivity index (χ1v) is 8.86. The largest absolute Gasteiger partial charge is 0.462 e. The Bertz CT molecular complexity index is 622. The van der Waals surface area contributed by atoms with Crippen LogP contribution in [0.1, 0.15) is 49.9 Å². The molecule has 0 N–H and O–H groups in total. The minimum Gasteiger partial charge on any atom is -0.462 e. The van der Waals surface area contributed by atoms with Crippen LogP contribution in [0.3, 0.4) is 0 Å². The maximum absolute atomic E-state index is 12.7. The number of amides is 2. The molecule has 25 heavy (non-hydrogen) atoms. The number of hydrogen-bond donors (Lipinski definition) is 0. The lowest BCUT2D eigenvalue weighted by Gasteiger charge is -2.27. The third-order valence-electron chi connectivity index (χ3n) is 4.32. The van der Waals surface area contributed by atoms with Crippen molar-refractivity contribution in [3.63, 3.8) is 0 Å². The van der Waals surface area contributed by atoms with Crippen LogP contribution in [0, 0.1) is 0 Å². The summed E-state index contributed by atoms with van der Waals surface area (Å²) in [5, 5.41) is 0. The summed E-state index contributed by atoms with van der Waals surface area (Å²) in [5.41, 5.74) is 0.708. The molecule has 0 aliphatic carbocycles. The number of carbonyl (C=O) groups excluding carboxylic acids is 3. The average Bonchev–Trinajstić information content (AvgIpc) is 2.89. The van der Waals surface area contributed by atoms with Gasteiger partial charge in [0.2, 0.25) is 11.8 Å². The highest BCUT2D eigenvalue weighted by Crippen LogP contribution is 2.22. The zero-order valence-corrected chi connectivity index (χ0v) is 15.0. The Balaban J connectivity index is 2.22. The van der Waals surface area contributed by atoms with E-state index >= 15 is 0 Å².